The Kier molecular flexibility index (Phi) is 5.37. The number of hydrogen-bond acceptors (Lipinski definition) is 1. The second kappa shape index (κ2) is 6.93. The molecule has 1 aromatic rings. The van der Waals surface area contributed by atoms with E-state index in [9.17, 15) is 18.0 Å². The summed E-state index contributed by atoms with van der Waals surface area (Å²) in [4.78, 5) is 12.4. The highest BCUT2D eigenvalue weighted by Crippen LogP contribution is 2.34. The van der Waals surface area contributed by atoms with Crippen molar-refractivity contribution >= 4 is 5.91 Å². The molecular formula is C18H24F3NO. The minimum absolute atomic E-state index is 0.0285. The van der Waals surface area contributed by atoms with Crippen LogP contribution in [0.15, 0.2) is 24.3 Å². The van der Waals surface area contributed by atoms with E-state index in [1.807, 2.05) is 0 Å². The van der Waals surface area contributed by atoms with Crippen LogP contribution in [0.3, 0.4) is 0 Å². The van der Waals surface area contributed by atoms with Gasteiger partial charge in [-0.25, -0.2) is 0 Å². The third-order valence-corrected chi connectivity index (χ3v) is 4.79. The van der Waals surface area contributed by atoms with Crippen molar-refractivity contribution in [2.24, 2.45) is 17.8 Å². The Morgan fingerprint density at radius 3 is 2.57 bits per heavy atom. The van der Waals surface area contributed by atoms with E-state index in [0.29, 0.717) is 17.8 Å². The van der Waals surface area contributed by atoms with Crippen molar-refractivity contribution in [3.05, 3.63) is 35.4 Å². The Morgan fingerprint density at radius 2 is 1.96 bits per heavy atom. The van der Waals surface area contributed by atoms with Crippen LogP contribution >= 0.6 is 0 Å². The number of nitrogens with one attached hydrogen (secondary N) is 1. The Morgan fingerprint density at radius 1 is 1.26 bits per heavy atom. The zero-order valence-electron chi connectivity index (χ0n) is 13.8. The number of benzene rings is 1. The number of alkyl halides is 3. The van der Waals surface area contributed by atoms with Crippen molar-refractivity contribution in [3.8, 4) is 0 Å². The second-order valence-electron chi connectivity index (χ2n) is 6.98. The van der Waals surface area contributed by atoms with Gasteiger partial charge in [-0.3, -0.25) is 4.79 Å². The first-order chi connectivity index (χ1) is 10.7. The number of carbonyl (C=O) groups excluding carboxylic acids is 1. The van der Waals surface area contributed by atoms with Crippen molar-refractivity contribution in [3.63, 3.8) is 0 Å². The van der Waals surface area contributed by atoms with E-state index >= 15 is 0 Å². The van der Waals surface area contributed by atoms with Gasteiger partial charge in [-0.05, 0) is 48.8 Å². The van der Waals surface area contributed by atoms with Crippen LogP contribution in [0.2, 0.25) is 0 Å². The minimum Gasteiger partial charge on any atom is -0.349 e. The van der Waals surface area contributed by atoms with Crippen LogP contribution in [-0.4, -0.2) is 11.9 Å². The second-order valence-corrected chi connectivity index (χ2v) is 6.98. The van der Waals surface area contributed by atoms with Gasteiger partial charge < -0.3 is 5.32 Å². The molecule has 0 heterocycles. The fourth-order valence-corrected chi connectivity index (χ4v) is 3.46. The molecule has 23 heavy (non-hydrogen) atoms. The summed E-state index contributed by atoms with van der Waals surface area (Å²) in [6.07, 6.45) is -1.37. The highest BCUT2D eigenvalue weighted by atomic mass is 19.4. The molecule has 0 unspecified atom stereocenters. The molecule has 1 N–H and O–H groups in total. The Labute approximate surface area is 135 Å². The summed E-state index contributed by atoms with van der Waals surface area (Å²) in [7, 11) is 0. The van der Waals surface area contributed by atoms with Gasteiger partial charge in [0, 0.05) is 11.6 Å². The minimum atomic E-state index is -4.43. The maximum atomic E-state index is 12.8. The van der Waals surface area contributed by atoms with Crippen LogP contribution in [0.25, 0.3) is 0 Å². The topological polar surface area (TPSA) is 29.1 Å². The van der Waals surface area contributed by atoms with E-state index in [0.717, 1.165) is 31.4 Å². The third-order valence-electron chi connectivity index (χ3n) is 4.79. The van der Waals surface area contributed by atoms with E-state index in [-0.39, 0.29) is 11.6 Å². The molecule has 0 aromatic heterocycles. The lowest BCUT2D eigenvalue weighted by molar-refractivity contribution is -0.137. The average Bonchev–Trinajstić information content (AvgIpc) is 2.46. The average molecular weight is 327 g/mol. The summed E-state index contributed by atoms with van der Waals surface area (Å²) in [6.45, 7) is 6.41. The van der Waals surface area contributed by atoms with E-state index in [1.54, 1.807) is 0 Å². The lowest BCUT2D eigenvalue weighted by Crippen LogP contribution is -2.45. The number of hydrogen-bond donors (Lipinski definition) is 1. The van der Waals surface area contributed by atoms with Crippen molar-refractivity contribution in [1.82, 2.24) is 5.32 Å². The van der Waals surface area contributed by atoms with Crippen LogP contribution in [0.4, 0.5) is 13.2 Å². The van der Waals surface area contributed by atoms with Crippen molar-refractivity contribution in [2.45, 2.75) is 52.3 Å². The maximum absolute atomic E-state index is 12.8. The van der Waals surface area contributed by atoms with Gasteiger partial charge in [-0.15, -0.1) is 0 Å². The monoisotopic (exact) mass is 327 g/mol. The molecule has 0 bridgehead atoms. The third kappa shape index (κ3) is 4.49. The Balaban J connectivity index is 2.14. The number of amides is 1. The molecule has 128 valence electrons. The van der Waals surface area contributed by atoms with Crippen LogP contribution in [0.1, 0.15) is 56.0 Å². The molecule has 3 atom stereocenters. The molecule has 2 rings (SSSR count). The molecule has 2 nitrogen and oxygen atoms in total. The van der Waals surface area contributed by atoms with Crippen molar-refractivity contribution < 1.29 is 18.0 Å². The van der Waals surface area contributed by atoms with Gasteiger partial charge in [0.15, 0.2) is 0 Å². The van der Waals surface area contributed by atoms with Crippen LogP contribution in [0.5, 0.6) is 0 Å². The van der Waals surface area contributed by atoms with E-state index in [2.05, 4.69) is 26.1 Å². The molecule has 0 aliphatic heterocycles. The lowest BCUT2D eigenvalue weighted by Gasteiger charge is -2.37. The predicted octanol–water partition coefficient (Wildman–Crippen LogP) is 4.90. The summed E-state index contributed by atoms with van der Waals surface area (Å²) in [5, 5.41) is 2.97. The normalized spacial score (nSPS) is 25.4. The van der Waals surface area contributed by atoms with Crippen LogP contribution in [-0.2, 0) is 6.18 Å². The molecule has 0 spiro atoms. The fourth-order valence-electron chi connectivity index (χ4n) is 3.46. The van der Waals surface area contributed by atoms with E-state index < -0.39 is 17.6 Å². The predicted molar refractivity (Wildman–Crippen MR) is 84.0 cm³/mol. The SMILES string of the molecule is CC(C)[C@H]1CC[C@H](C)C[C@@H]1NC(=O)c1cccc(C(F)(F)F)c1. The summed E-state index contributed by atoms with van der Waals surface area (Å²) in [5.41, 5.74) is -0.719. The number of halogens is 3. The lowest BCUT2D eigenvalue weighted by atomic mass is 9.74. The summed E-state index contributed by atoms with van der Waals surface area (Å²) < 4.78 is 38.3. The summed E-state index contributed by atoms with van der Waals surface area (Å²) in [6, 6.07) is 4.64. The first-order valence-electron chi connectivity index (χ1n) is 8.16. The molecule has 0 saturated heterocycles. The Bertz CT molecular complexity index is 553. The van der Waals surface area contributed by atoms with Gasteiger partial charge in [0.2, 0.25) is 0 Å². The van der Waals surface area contributed by atoms with Gasteiger partial charge in [-0.1, -0.05) is 33.3 Å². The molecule has 1 amide bonds. The molecule has 1 saturated carbocycles. The van der Waals surface area contributed by atoms with Gasteiger partial charge >= 0.3 is 6.18 Å². The zero-order chi connectivity index (χ0) is 17.2. The van der Waals surface area contributed by atoms with Crippen LogP contribution in [0, 0.1) is 17.8 Å². The summed E-state index contributed by atoms with van der Waals surface area (Å²) in [5.74, 6) is 0.924. The molecule has 1 fully saturated rings. The van der Waals surface area contributed by atoms with Crippen molar-refractivity contribution in [1.29, 1.82) is 0 Å². The number of carbonyl (C=O) groups is 1. The quantitative estimate of drug-likeness (QED) is 0.841. The summed E-state index contributed by atoms with van der Waals surface area (Å²) >= 11 is 0. The van der Waals surface area contributed by atoms with E-state index in [4.69, 9.17) is 0 Å². The van der Waals surface area contributed by atoms with Gasteiger partial charge in [0.05, 0.1) is 5.56 Å². The van der Waals surface area contributed by atoms with Gasteiger partial charge in [0.1, 0.15) is 0 Å². The Hall–Kier alpha value is -1.52. The maximum Gasteiger partial charge on any atom is 0.416 e. The van der Waals surface area contributed by atoms with Gasteiger partial charge in [-0.2, -0.15) is 13.2 Å². The molecule has 1 aromatic carbocycles. The smallest absolute Gasteiger partial charge is 0.349 e. The number of rotatable bonds is 3. The molecule has 5 heteroatoms. The highest BCUT2D eigenvalue weighted by Gasteiger charge is 2.33. The van der Waals surface area contributed by atoms with Crippen molar-refractivity contribution in [2.75, 3.05) is 0 Å². The molecule has 1 aliphatic rings. The fraction of sp³-hybridized carbons (Fsp3) is 0.611. The van der Waals surface area contributed by atoms with Crippen LogP contribution < -0.4 is 5.32 Å². The first kappa shape index (κ1) is 17.8. The first-order valence-corrected chi connectivity index (χ1v) is 8.16. The highest BCUT2D eigenvalue weighted by molar-refractivity contribution is 5.94. The largest absolute Gasteiger partial charge is 0.416 e. The molecule has 1 aliphatic carbocycles. The standard InChI is InChI=1S/C18H24F3NO/c1-11(2)15-8-7-12(3)9-16(15)22-17(23)13-5-4-6-14(10-13)18(19,20)21/h4-6,10-12,15-16H,7-9H2,1-3H3,(H,22,23)/t12-,15+,16-/m0/s1. The van der Waals surface area contributed by atoms with E-state index in [1.165, 1.54) is 12.1 Å². The molecule has 0 radical (unpaired) electrons. The molecular weight excluding hydrogens is 303 g/mol. The van der Waals surface area contributed by atoms with Gasteiger partial charge in [0.25, 0.3) is 5.91 Å². The zero-order valence-corrected chi connectivity index (χ0v) is 13.8.